The third-order valence-electron chi connectivity index (χ3n) is 6.15. The second-order valence-electron chi connectivity index (χ2n) is 8.19. The van der Waals surface area contributed by atoms with Crippen LogP contribution in [0.5, 0.6) is 0 Å². The van der Waals surface area contributed by atoms with Gasteiger partial charge in [-0.15, -0.1) is 0 Å². The van der Waals surface area contributed by atoms with Crippen LogP contribution in [0.2, 0.25) is 0 Å². The molecule has 4 heterocycles. The summed E-state index contributed by atoms with van der Waals surface area (Å²) >= 11 is 0. The molecule has 3 aliphatic rings. The van der Waals surface area contributed by atoms with E-state index >= 15 is 0 Å². The van der Waals surface area contributed by atoms with Gasteiger partial charge in [-0.25, -0.2) is 4.68 Å². The van der Waals surface area contributed by atoms with Crippen molar-refractivity contribution in [2.24, 2.45) is 0 Å². The van der Waals surface area contributed by atoms with Gasteiger partial charge in [-0.1, -0.05) is 17.2 Å². The Morgan fingerprint density at radius 2 is 2.10 bits per heavy atom. The monoisotopic (exact) mass is 424 g/mol. The minimum Gasteiger partial charge on any atom is -0.349 e. The molecule has 2 atom stereocenters. The third kappa shape index (κ3) is 3.76. The Labute approximate surface area is 178 Å². The van der Waals surface area contributed by atoms with E-state index in [4.69, 9.17) is 0 Å². The molecule has 5 rings (SSSR count). The van der Waals surface area contributed by atoms with Crippen LogP contribution in [0.4, 0.5) is 5.95 Å². The zero-order valence-electron chi connectivity index (χ0n) is 17.0. The summed E-state index contributed by atoms with van der Waals surface area (Å²) in [6.07, 6.45) is 2.71. The van der Waals surface area contributed by atoms with Crippen molar-refractivity contribution in [3.05, 3.63) is 34.9 Å². The molecule has 11 nitrogen and oxygen atoms in total. The number of carbonyl (C=O) groups excluding carboxylic acids is 3. The number of aromatic nitrogens is 4. The van der Waals surface area contributed by atoms with Crippen LogP contribution in [0, 0.1) is 0 Å². The highest BCUT2D eigenvalue weighted by molar-refractivity contribution is 6.05. The van der Waals surface area contributed by atoms with E-state index in [1.54, 1.807) is 4.90 Å². The lowest BCUT2D eigenvalue weighted by molar-refractivity contribution is -0.136. The number of anilines is 1. The average Bonchev–Trinajstić information content (AvgIpc) is 3.38. The summed E-state index contributed by atoms with van der Waals surface area (Å²) in [4.78, 5) is 38.1. The maximum Gasteiger partial charge on any atom is 0.255 e. The van der Waals surface area contributed by atoms with E-state index < -0.39 is 11.9 Å². The number of piperidine rings is 2. The first-order valence-corrected chi connectivity index (χ1v) is 10.6. The number of tetrazole rings is 1. The van der Waals surface area contributed by atoms with E-state index in [9.17, 15) is 14.4 Å². The van der Waals surface area contributed by atoms with Gasteiger partial charge in [0.25, 0.3) is 5.91 Å². The van der Waals surface area contributed by atoms with Crippen molar-refractivity contribution in [1.29, 1.82) is 0 Å². The zero-order valence-corrected chi connectivity index (χ0v) is 17.0. The lowest BCUT2D eigenvalue weighted by atomic mass is 10.0. The lowest BCUT2D eigenvalue weighted by Crippen LogP contribution is -2.52. The Bertz CT molecular complexity index is 1030. The number of nitrogens with one attached hydrogen (secondary N) is 3. The number of amides is 3. The first kappa shape index (κ1) is 19.6. The smallest absolute Gasteiger partial charge is 0.255 e. The number of nitrogens with zero attached hydrogens (tertiary/aromatic N) is 5. The van der Waals surface area contributed by atoms with Gasteiger partial charge in [0, 0.05) is 31.6 Å². The summed E-state index contributed by atoms with van der Waals surface area (Å²) in [5, 5.41) is 21.0. The minimum absolute atomic E-state index is 0.176. The van der Waals surface area contributed by atoms with Crippen LogP contribution in [0.3, 0.4) is 0 Å². The molecule has 2 fully saturated rings. The van der Waals surface area contributed by atoms with Gasteiger partial charge in [0.05, 0.1) is 6.04 Å². The molecule has 11 heteroatoms. The van der Waals surface area contributed by atoms with Crippen molar-refractivity contribution < 1.29 is 14.4 Å². The Balaban J connectivity index is 1.27. The number of carbonyl (C=O) groups is 3. The first-order valence-electron chi connectivity index (χ1n) is 10.6. The van der Waals surface area contributed by atoms with Crippen LogP contribution in [0.25, 0.3) is 0 Å². The normalized spacial score (nSPS) is 23.6. The maximum absolute atomic E-state index is 13.0. The van der Waals surface area contributed by atoms with E-state index in [0.29, 0.717) is 31.0 Å². The predicted octanol–water partition coefficient (Wildman–Crippen LogP) is -0.0293. The molecule has 0 spiro atoms. The fourth-order valence-corrected chi connectivity index (χ4v) is 4.49. The molecular weight excluding hydrogens is 400 g/mol. The Hall–Kier alpha value is -3.34. The molecule has 2 aromatic rings. The van der Waals surface area contributed by atoms with Gasteiger partial charge in [0.1, 0.15) is 6.04 Å². The molecular formula is C20H24N8O3. The van der Waals surface area contributed by atoms with Crippen molar-refractivity contribution in [2.75, 3.05) is 18.4 Å². The van der Waals surface area contributed by atoms with E-state index in [2.05, 4.69) is 31.5 Å². The molecule has 0 aliphatic carbocycles. The van der Waals surface area contributed by atoms with Gasteiger partial charge in [0.2, 0.25) is 17.8 Å². The highest BCUT2D eigenvalue weighted by Crippen LogP contribution is 2.28. The number of rotatable bonds is 5. The maximum atomic E-state index is 13.0. The van der Waals surface area contributed by atoms with E-state index in [-0.39, 0.29) is 24.3 Å². The molecule has 0 saturated carbocycles. The molecule has 0 bridgehead atoms. The standard InChI is InChI=1S/C20H24N8O3/c29-17-6-5-16(18(30)23-17)27-11-13-4-3-12(8-15(13)19(27)31)9-22-20-24-25-26-28(20)14-2-1-7-21-10-14/h3-4,8,14,16,21H,1-2,5-7,9-11H2,(H,22,24,26)(H,23,29,30). The summed E-state index contributed by atoms with van der Waals surface area (Å²) in [7, 11) is 0. The van der Waals surface area contributed by atoms with Crippen LogP contribution in [-0.4, -0.2) is 62.0 Å². The number of hydrogen-bond donors (Lipinski definition) is 3. The van der Waals surface area contributed by atoms with Crippen molar-refractivity contribution in [2.45, 2.75) is 50.9 Å². The Morgan fingerprint density at radius 1 is 1.19 bits per heavy atom. The summed E-state index contributed by atoms with van der Waals surface area (Å²) in [6.45, 7) is 2.70. The number of benzene rings is 1. The lowest BCUT2D eigenvalue weighted by Gasteiger charge is -2.29. The molecule has 1 aromatic heterocycles. The summed E-state index contributed by atoms with van der Waals surface area (Å²) < 4.78 is 1.81. The molecule has 3 amide bonds. The molecule has 1 aromatic carbocycles. The molecule has 3 aliphatic heterocycles. The van der Waals surface area contributed by atoms with Crippen molar-refractivity contribution in [3.63, 3.8) is 0 Å². The molecule has 3 N–H and O–H groups in total. The van der Waals surface area contributed by atoms with Crippen molar-refractivity contribution in [3.8, 4) is 0 Å². The van der Waals surface area contributed by atoms with Gasteiger partial charge in [0.15, 0.2) is 0 Å². The molecule has 162 valence electrons. The second kappa shape index (κ2) is 8.06. The van der Waals surface area contributed by atoms with Crippen molar-refractivity contribution >= 4 is 23.7 Å². The second-order valence-corrected chi connectivity index (χ2v) is 8.19. The highest BCUT2D eigenvalue weighted by atomic mass is 16.2. The fourth-order valence-electron chi connectivity index (χ4n) is 4.49. The number of hydrogen-bond acceptors (Lipinski definition) is 8. The van der Waals surface area contributed by atoms with E-state index in [1.165, 1.54) is 0 Å². The molecule has 2 saturated heterocycles. The van der Waals surface area contributed by atoms with Crippen molar-refractivity contribution in [1.82, 2.24) is 35.7 Å². The Kier molecular flexibility index (Phi) is 5.10. The van der Waals surface area contributed by atoms with Gasteiger partial charge in [-0.3, -0.25) is 19.7 Å². The van der Waals surface area contributed by atoms with E-state index in [0.717, 1.165) is 37.1 Å². The van der Waals surface area contributed by atoms with Crippen LogP contribution >= 0.6 is 0 Å². The summed E-state index contributed by atoms with van der Waals surface area (Å²) in [6, 6.07) is 5.35. The van der Waals surface area contributed by atoms with Gasteiger partial charge < -0.3 is 15.5 Å². The molecule has 2 unspecified atom stereocenters. The SMILES string of the molecule is O=C1CCC(N2Cc3ccc(CNc4nnnn4C4CCCNC4)cc3C2=O)C(=O)N1. The van der Waals surface area contributed by atoms with E-state index in [1.807, 2.05) is 22.9 Å². The fraction of sp³-hybridized carbons (Fsp3) is 0.500. The van der Waals surface area contributed by atoms with Gasteiger partial charge >= 0.3 is 0 Å². The average molecular weight is 424 g/mol. The van der Waals surface area contributed by atoms with Gasteiger partial charge in [-0.2, -0.15) is 0 Å². The predicted molar refractivity (Wildman–Crippen MR) is 109 cm³/mol. The quantitative estimate of drug-likeness (QED) is 0.570. The minimum atomic E-state index is -0.604. The number of imide groups is 1. The van der Waals surface area contributed by atoms with Crippen LogP contribution in [-0.2, 0) is 22.7 Å². The summed E-state index contributed by atoms with van der Waals surface area (Å²) in [5.74, 6) is -0.261. The molecule has 0 radical (unpaired) electrons. The van der Waals surface area contributed by atoms with Crippen LogP contribution < -0.4 is 16.0 Å². The third-order valence-corrected chi connectivity index (χ3v) is 6.15. The topological polar surface area (TPSA) is 134 Å². The van der Waals surface area contributed by atoms with Crippen LogP contribution in [0.15, 0.2) is 18.2 Å². The molecule has 31 heavy (non-hydrogen) atoms. The van der Waals surface area contributed by atoms with Crippen LogP contribution in [0.1, 0.15) is 53.2 Å². The number of fused-ring (bicyclic) bond motifs is 1. The summed E-state index contributed by atoms with van der Waals surface area (Å²) in [5.41, 5.74) is 2.41. The first-order chi connectivity index (χ1) is 15.1. The zero-order chi connectivity index (χ0) is 21.4. The highest BCUT2D eigenvalue weighted by Gasteiger charge is 2.39. The van der Waals surface area contributed by atoms with Gasteiger partial charge in [-0.05, 0) is 53.4 Å². The Morgan fingerprint density at radius 3 is 2.90 bits per heavy atom. The largest absolute Gasteiger partial charge is 0.349 e.